The molecule has 92 valence electrons. The lowest BCUT2D eigenvalue weighted by Crippen LogP contribution is -2.05. The van der Waals surface area contributed by atoms with E-state index in [0.29, 0.717) is 17.0 Å². The molecule has 1 heterocycles. The largest absolute Gasteiger partial charge is 0.480 e. The molecule has 0 radical (unpaired) electrons. The highest BCUT2D eigenvalue weighted by molar-refractivity contribution is 6.10. The third kappa shape index (κ3) is 2.40. The van der Waals surface area contributed by atoms with Gasteiger partial charge in [0.05, 0.1) is 12.7 Å². The van der Waals surface area contributed by atoms with Gasteiger partial charge in [0.2, 0.25) is 5.88 Å². The van der Waals surface area contributed by atoms with E-state index in [-0.39, 0.29) is 5.78 Å². The van der Waals surface area contributed by atoms with Crippen LogP contribution in [0.25, 0.3) is 0 Å². The van der Waals surface area contributed by atoms with Crippen LogP contribution in [0.4, 0.5) is 0 Å². The van der Waals surface area contributed by atoms with Crippen LogP contribution >= 0.6 is 0 Å². The third-order valence-electron chi connectivity index (χ3n) is 2.83. The number of aromatic nitrogens is 1. The molecule has 1 aromatic heterocycles. The van der Waals surface area contributed by atoms with E-state index in [1.165, 1.54) is 12.7 Å². The molecule has 0 saturated carbocycles. The standard InChI is InChI=1S/C15H15NO2/c1-3-11-6-8-12(9-7-11)14(17)13-5-4-10-16-15(13)18-2/h4-10H,3H2,1-2H3. The number of methoxy groups -OCH3 is 1. The van der Waals surface area contributed by atoms with Gasteiger partial charge in [0.25, 0.3) is 0 Å². The molecule has 0 amide bonds. The molecule has 1 aromatic carbocycles. The smallest absolute Gasteiger partial charge is 0.224 e. The summed E-state index contributed by atoms with van der Waals surface area (Å²) in [5.41, 5.74) is 2.35. The quantitative estimate of drug-likeness (QED) is 0.773. The molecule has 2 rings (SSSR count). The van der Waals surface area contributed by atoms with Crippen LogP contribution in [0.3, 0.4) is 0 Å². The number of carbonyl (C=O) groups is 1. The monoisotopic (exact) mass is 241 g/mol. The molecule has 0 N–H and O–H groups in total. The van der Waals surface area contributed by atoms with Crippen molar-refractivity contribution in [2.24, 2.45) is 0 Å². The second-order valence-electron chi connectivity index (χ2n) is 3.94. The van der Waals surface area contributed by atoms with E-state index in [1.807, 2.05) is 24.3 Å². The highest BCUT2D eigenvalue weighted by atomic mass is 16.5. The van der Waals surface area contributed by atoms with Crippen molar-refractivity contribution in [2.75, 3.05) is 7.11 Å². The van der Waals surface area contributed by atoms with E-state index in [1.54, 1.807) is 18.3 Å². The number of aryl methyl sites for hydroxylation is 1. The molecule has 3 heteroatoms. The number of hydrogen-bond donors (Lipinski definition) is 0. The zero-order chi connectivity index (χ0) is 13.0. The fourth-order valence-corrected chi connectivity index (χ4v) is 1.77. The zero-order valence-electron chi connectivity index (χ0n) is 10.5. The zero-order valence-corrected chi connectivity index (χ0v) is 10.5. The molecule has 0 bridgehead atoms. The molecule has 0 saturated heterocycles. The van der Waals surface area contributed by atoms with E-state index < -0.39 is 0 Å². The molecule has 0 aliphatic carbocycles. The highest BCUT2D eigenvalue weighted by Crippen LogP contribution is 2.18. The fraction of sp³-hybridized carbons (Fsp3) is 0.200. The molecule has 0 unspecified atom stereocenters. The predicted molar refractivity (Wildman–Crippen MR) is 70.0 cm³/mol. The Morgan fingerprint density at radius 1 is 1.22 bits per heavy atom. The number of ether oxygens (including phenoxy) is 1. The molecular formula is C15H15NO2. The van der Waals surface area contributed by atoms with Crippen LogP contribution in [-0.4, -0.2) is 17.9 Å². The van der Waals surface area contributed by atoms with Gasteiger partial charge in [-0.25, -0.2) is 4.98 Å². The number of rotatable bonds is 4. The molecule has 2 aromatic rings. The topological polar surface area (TPSA) is 39.2 Å². The summed E-state index contributed by atoms with van der Waals surface area (Å²) >= 11 is 0. The second-order valence-corrected chi connectivity index (χ2v) is 3.94. The SMILES string of the molecule is CCc1ccc(C(=O)c2cccnc2OC)cc1. The summed E-state index contributed by atoms with van der Waals surface area (Å²) in [4.78, 5) is 16.3. The van der Waals surface area contributed by atoms with Gasteiger partial charge in [0.1, 0.15) is 0 Å². The average Bonchev–Trinajstić information content (AvgIpc) is 2.46. The van der Waals surface area contributed by atoms with Crippen molar-refractivity contribution < 1.29 is 9.53 Å². The van der Waals surface area contributed by atoms with E-state index in [4.69, 9.17) is 4.74 Å². The van der Waals surface area contributed by atoms with Crippen molar-refractivity contribution in [1.29, 1.82) is 0 Å². The summed E-state index contributed by atoms with van der Waals surface area (Å²) in [5, 5.41) is 0. The van der Waals surface area contributed by atoms with Gasteiger partial charge in [0.15, 0.2) is 5.78 Å². The summed E-state index contributed by atoms with van der Waals surface area (Å²) in [5.74, 6) is 0.296. The molecule has 0 fully saturated rings. The lowest BCUT2D eigenvalue weighted by Gasteiger charge is -2.06. The van der Waals surface area contributed by atoms with Gasteiger partial charge in [0, 0.05) is 11.8 Å². The Morgan fingerprint density at radius 2 is 1.94 bits per heavy atom. The Labute approximate surface area is 106 Å². The number of nitrogens with zero attached hydrogens (tertiary/aromatic N) is 1. The van der Waals surface area contributed by atoms with Crippen molar-refractivity contribution in [1.82, 2.24) is 4.98 Å². The summed E-state index contributed by atoms with van der Waals surface area (Å²) in [7, 11) is 1.51. The van der Waals surface area contributed by atoms with E-state index >= 15 is 0 Å². The van der Waals surface area contributed by atoms with Gasteiger partial charge < -0.3 is 4.74 Å². The second kappa shape index (κ2) is 5.45. The minimum absolute atomic E-state index is 0.0670. The maximum atomic E-state index is 12.3. The lowest BCUT2D eigenvalue weighted by molar-refractivity contribution is 0.103. The van der Waals surface area contributed by atoms with E-state index in [2.05, 4.69) is 11.9 Å². The summed E-state index contributed by atoms with van der Waals surface area (Å²) in [6.07, 6.45) is 2.57. The van der Waals surface area contributed by atoms with Crippen LogP contribution in [0.15, 0.2) is 42.6 Å². The number of benzene rings is 1. The van der Waals surface area contributed by atoms with E-state index in [0.717, 1.165) is 6.42 Å². The first kappa shape index (κ1) is 12.3. The van der Waals surface area contributed by atoms with Crippen molar-refractivity contribution in [2.45, 2.75) is 13.3 Å². The van der Waals surface area contributed by atoms with Gasteiger partial charge in [-0.1, -0.05) is 31.2 Å². The summed E-state index contributed by atoms with van der Waals surface area (Å²) < 4.78 is 5.10. The molecule has 3 nitrogen and oxygen atoms in total. The Morgan fingerprint density at radius 3 is 2.56 bits per heavy atom. The normalized spacial score (nSPS) is 10.1. The van der Waals surface area contributed by atoms with Gasteiger partial charge in [-0.15, -0.1) is 0 Å². The number of pyridine rings is 1. The summed E-state index contributed by atoms with van der Waals surface area (Å²) in [6, 6.07) is 11.1. The number of ketones is 1. The average molecular weight is 241 g/mol. The van der Waals surface area contributed by atoms with Crippen LogP contribution < -0.4 is 4.74 Å². The van der Waals surface area contributed by atoms with E-state index in [9.17, 15) is 4.79 Å². The van der Waals surface area contributed by atoms with Crippen molar-refractivity contribution in [3.8, 4) is 5.88 Å². The lowest BCUT2D eigenvalue weighted by atomic mass is 10.0. The van der Waals surface area contributed by atoms with Crippen molar-refractivity contribution in [3.63, 3.8) is 0 Å². The Bertz CT molecular complexity index is 547. The predicted octanol–water partition coefficient (Wildman–Crippen LogP) is 2.88. The molecule has 0 spiro atoms. The first-order valence-electron chi connectivity index (χ1n) is 5.89. The Kier molecular flexibility index (Phi) is 3.72. The molecular weight excluding hydrogens is 226 g/mol. The van der Waals surface area contributed by atoms with Gasteiger partial charge >= 0.3 is 0 Å². The van der Waals surface area contributed by atoms with Gasteiger partial charge in [-0.2, -0.15) is 0 Å². The highest BCUT2D eigenvalue weighted by Gasteiger charge is 2.14. The maximum absolute atomic E-state index is 12.3. The van der Waals surface area contributed by atoms with Gasteiger partial charge in [-0.05, 0) is 24.1 Å². The van der Waals surface area contributed by atoms with Crippen molar-refractivity contribution in [3.05, 3.63) is 59.3 Å². The molecule has 0 aliphatic heterocycles. The minimum atomic E-state index is -0.0670. The fourth-order valence-electron chi connectivity index (χ4n) is 1.77. The van der Waals surface area contributed by atoms with Crippen molar-refractivity contribution >= 4 is 5.78 Å². The molecule has 18 heavy (non-hydrogen) atoms. The van der Waals surface area contributed by atoms with Crippen LogP contribution in [0, 0.1) is 0 Å². The molecule has 0 aliphatic rings. The van der Waals surface area contributed by atoms with Crippen LogP contribution in [0.5, 0.6) is 5.88 Å². The maximum Gasteiger partial charge on any atom is 0.224 e. The van der Waals surface area contributed by atoms with Crippen LogP contribution in [-0.2, 0) is 6.42 Å². The number of hydrogen-bond acceptors (Lipinski definition) is 3. The van der Waals surface area contributed by atoms with Crippen LogP contribution in [0.2, 0.25) is 0 Å². The Balaban J connectivity index is 2.35. The molecule has 0 atom stereocenters. The van der Waals surface area contributed by atoms with Gasteiger partial charge in [-0.3, -0.25) is 4.79 Å². The summed E-state index contributed by atoms with van der Waals surface area (Å²) in [6.45, 7) is 2.08. The number of carbonyl (C=O) groups excluding carboxylic acids is 1. The third-order valence-corrected chi connectivity index (χ3v) is 2.83. The first-order chi connectivity index (χ1) is 8.76. The first-order valence-corrected chi connectivity index (χ1v) is 5.89. The van der Waals surface area contributed by atoms with Crippen LogP contribution in [0.1, 0.15) is 28.4 Å². The minimum Gasteiger partial charge on any atom is -0.480 e. The Hall–Kier alpha value is -2.16.